The number of aromatic nitrogens is 1. The van der Waals surface area contributed by atoms with Gasteiger partial charge in [-0.2, -0.15) is 0 Å². The third-order valence-corrected chi connectivity index (χ3v) is 4.91. The SMILES string of the molecule is [C-]#[N+]c1cc2c(Oc3ccc(CC(=O)CC4CC4)cc3)ccnc2cc1C. The Balaban J connectivity index is 1.53. The fourth-order valence-corrected chi connectivity index (χ4v) is 3.22. The first-order valence-electron chi connectivity index (χ1n) is 9.17. The van der Waals surface area contributed by atoms with Crippen LogP contribution in [0.5, 0.6) is 11.5 Å². The number of ketones is 1. The second-order valence-corrected chi connectivity index (χ2v) is 7.19. The molecule has 1 aliphatic rings. The van der Waals surface area contributed by atoms with Crippen LogP contribution in [0.3, 0.4) is 0 Å². The van der Waals surface area contributed by atoms with Crippen LogP contribution < -0.4 is 4.74 Å². The molecule has 0 unspecified atom stereocenters. The highest BCUT2D eigenvalue weighted by atomic mass is 16.5. The van der Waals surface area contributed by atoms with Crippen molar-refractivity contribution in [2.45, 2.75) is 32.6 Å². The van der Waals surface area contributed by atoms with Crippen molar-refractivity contribution < 1.29 is 9.53 Å². The maximum atomic E-state index is 12.0. The van der Waals surface area contributed by atoms with E-state index < -0.39 is 0 Å². The minimum atomic E-state index is 0.313. The number of nitrogens with zero attached hydrogens (tertiary/aromatic N) is 2. The molecule has 0 radical (unpaired) electrons. The molecule has 1 aliphatic carbocycles. The fourth-order valence-electron chi connectivity index (χ4n) is 3.22. The molecule has 0 saturated heterocycles. The molecule has 1 saturated carbocycles. The third-order valence-electron chi connectivity index (χ3n) is 4.91. The van der Waals surface area contributed by atoms with Crippen LogP contribution >= 0.6 is 0 Å². The molecule has 134 valence electrons. The van der Waals surface area contributed by atoms with Crippen LogP contribution in [-0.4, -0.2) is 10.8 Å². The summed E-state index contributed by atoms with van der Waals surface area (Å²) in [7, 11) is 0. The van der Waals surface area contributed by atoms with Crippen molar-refractivity contribution in [2.75, 3.05) is 0 Å². The molecule has 1 aromatic heterocycles. The first kappa shape index (κ1) is 17.2. The summed E-state index contributed by atoms with van der Waals surface area (Å²) in [5.41, 5.74) is 3.32. The van der Waals surface area contributed by atoms with E-state index in [1.54, 1.807) is 12.3 Å². The Bertz CT molecular complexity index is 1040. The van der Waals surface area contributed by atoms with Crippen LogP contribution in [0.2, 0.25) is 0 Å². The van der Waals surface area contributed by atoms with Crippen molar-refractivity contribution in [3.05, 3.63) is 71.2 Å². The van der Waals surface area contributed by atoms with Gasteiger partial charge in [0.2, 0.25) is 0 Å². The summed E-state index contributed by atoms with van der Waals surface area (Å²) in [4.78, 5) is 20.0. The lowest BCUT2D eigenvalue weighted by Crippen LogP contribution is -2.03. The molecule has 27 heavy (non-hydrogen) atoms. The van der Waals surface area contributed by atoms with E-state index in [-0.39, 0.29) is 0 Å². The Hall–Kier alpha value is -3.19. The summed E-state index contributed by atoms with van der Waals surface area (Å²) in [6, 6.07) is 13.2. The van der Waals surface area contributed by atoms with Gasteiger partial charge in [0.15, 0.2) is 5.69 Å². The number of aryl methyl sites for hydroxylation is 1. The maximum Gasteiger partial charge on any atom is 0.191 e. The zero-order valence-electron chi connectivity index (χ0n) is 15.2. The van der Waals surface area contributed by atoms with Crippen molar-refractivity contribution >= 4 is 22.4 Å². The fraction of sp³-hybridized carbons (Fsp3) is 0.261. The van der Waals surface area contributed by atoms with Crippen LogP contribution in [0.15, 0.2) is 48.7 Å². The number of ether oxygens (including phenoxy) is 1. The number of fused-ring (bicyclic) bond motifs is 1. The summed E-state index contributed by atoms with van der Waals surface area (Å²) in [5, 5.41) is 0.817. The smallest absolute Gasteiger partial charge is 0.191 e. The van der Waals surface area contributed by atoms with E-state index in [2.05, 4.69) is 9.83 Å². The van der Waals surface area contributed by atoms with Gasteiger partial charge >= 0.3 is 0 Å². The largest absolute Gasteiger partial charge is 0.457 e. The maximum absolute atomic E-state index is 12.0. The first-order valence-corrected chi connectivity index (χ1v) is 9.17. The zero-order valence-corrected chi connectivity index (χ0v) is 15.2. The van der Waals surface area contributed by atoms with Gasteiger partial charge in [-0.15, -0.1) is 0 Å². The van der Waals surface area contributed by atoms with E-state index in [1.165, 1.54) is 12.8 Å². The molecule has 3 aromatic rings. The lowest BCUT2D eigenvalue weighted by Gasteiger charge is -2.10. The van der Waals surface area contributed by atoms with Crippen LogP contribution in [0, 0.1) is 19.4 Å². The number of benzene rings is 2. The van der Waals surface area contributed by atoms with Gasteiger partial charge in [-0.1, -0.05) is 12.1 Å². The summed E-state index contributed by atoms with van der Waals surface area (Å²) in [6.07, 6.45) is 5.31. The van der Waals surface area contributed by atoms with E-state index in [9.17, 15) is 4.79 Å². The predicted octanol–water partition coefficient (Wildman–Crippen LogP) is 5.80. The molecule has 0 spiro atoms. The van der Waals surface area contributed by atoms with Gasteiger partial charge in [-0.05, 0) is 67.1 Å². The zero-order chi connectivity index (χ0) is 18.8. The minimum absolute atomic E-state index is 0.313. The molecule has 0 amide bonds. The van der Waals surface area contributed by atoms with E-state index in [0.29, 0.717) is 41.7 Å². The number of carbonyl (C=O) groups is 1. The van der Waals surface area contributed by atoms with E-state index >= 15 is 0 Å². The highest BCUT2D eigenvalue weighted by Gasteiger charge is 2.24. The average Bonchev–Trinajstić information content (AvgIpc) is 3.47. The van der Waals surface area contributed by atoms with Crippen LogP contribution in [-0.2, 0) is 11.2 Å². The Labute approximate surface area is 158 Å². The van der Waals surface area contributed by atoms with Gasteiger partial charge in [0.25, 0.3) is 0 Å². The number of rotatable bonds is 6. The van der Waals surface area contributed by atoms with Crippen molar-refractivity contribution in [1.82, 2.24) is 4.98 Å². The highest BCUT2D eigenvalue weighted by molar-refractivity contribution is 5.89. The average molecular weight is 356 g/mol. The molecule has 0 N–H and O–H groups in total. The Morgan fingerprint density at radius 3 is 2.70 bits per heavy atom. The molecule has 4 rings (SSSR count). The lowest BCUT2D eigenvalue weighted by atomic mass is 10.1. The summed E-state index contributed by atoms with van der Waals surface area (Å²) in [5.74, 6) is 2.31. The number of hydrogen-bond donors (Lipinski definition) is 0. The van der Waals surface area contributed by atoms with Gasteiger partial charge in [0.05, 0.1) is 12.1 Å². The summed E-state index contributed by atoms with van der Waals surface area (Å²) in [6.45, 7) is 9.22. The molecule has 2 aromatic carbocycles. The van der Waals surface area contributed by atoms with Crippen LogP contribution in [0.1, 0.15) is 30.4 Å². The molecule has 0 bridgehead atoms. The van der Waals surface area contributed by atoms with Crippen molar-refractivity contribution in [3.63, 3.8) is 0 Å². The molecular weight excluding hydrogens is 336 g/mol. The van der Waals surface area contributed by atoms with E-state index in [0.717, 1.165) is 22.0 Å². The van der Waals surface area contributed by atoms with Gasteiger partial charge in [0.1, 0.15) is 17.3 Å². The third kappa shape index (κ3) is 3.98. The Kier molecular flexibility index (Phi) is 4.60. The summed E-state index contributed by atoms with van der Waals surface area (Å²) >= 11 is 0. The molecule has 0 aliphatic heterocycles. The van der Waals surface area contributed by atoms with Crippen LogP contribution in [0.4, 0.5) is 5.69 Å². The quantitative estimate of drug-likeness (QED) is 0.524. The lowest BCUT2D eigenvalue weighted by molar-refractivity contribution is -0.118. The van der Waals surface area contributed by atoms with Gasteiger partial charge in [-0.25, -0.2) is 4.85 Å². The van der Waals surface area contributed by atoms with E-state index in [4.69, 9.17) is 11.3 Å². The van der Waals surface area contributed by atoms with Gasteiger partial charge < -0.3 is 4.74 Å². The Morgan fingerprint density at radius 2 is 2.00 bits per heavy atom. The summed E-state index contributed by atoms with van der Waals surface area (Å²) < 4.78 is 6.04. The second kappa shape index (κ2) is 7.20. The van der Waals surface area contributed by atoms with Crippen LogP contribution in [0.25, 0.3) is 15.7 Å². The highest BCUT2D eigenvalue weighted by Crippen LogP contribution is 2.34. The molecule has 4 heteroatoms. The van der Waals surface area contributed by atoms with E-state index in [1.807, 2.05) is 43.3 Å². The van der Waals surface area contributed by atoms with Gasteiger partial charge in [-0.3, -0.25) is 9.78 Å². The van der Waals surface area contributed by atoms with Gasteiger partial charge in [0, 0.05) is 24.4 Å². The predicted molar refractivity (Wildman–Crippen MR) is 105 cm³/mol. The van der Waals surface area contributed by atoms with Crippen molar-refractivity contribution in [1.29, 1.82) is 0 Å². The molecule has 1 heterocycles. The molecule has 4 nitrogen and oxygen atoms in total. The number of hydrogen-bond acceptors (Lipinski definition) is 3. The molecular formula is C23H20N2O2. The molecule has 1 fully saturated rings. The monoisotopic (exact) mass is 356 g/mol. The first-order chi connectivity index (χ1) is 13.1. The minimum Gasteiger partial charge on any atom is -0.457 e. The molecule has 0 atom stereocenters. The standard InChI is InChI=1S/C23H20N2O2/c1-15-11-22-20(14-21(15)24-2)23(9-10-25-22)27-19-7-5-17(6-8-19)13-18(26)12-16-3-4-16/h5-11,14,16H,3-4,12-13H2,1H3. The second-order valence-electron chi connectivity index (χ2n) is 7.19. The number of carbonyl (C=O) groups excluding carboxylic acids is 1. The normalized spacial score (nSPS) is 13.3. The topological polar surface area (TPSA) is 43.5 Å². The number of Topliss-reactive ketones (excluding diaryl/α,β-unsaturated/α-hetero) is 1. The number of pyridine rings is 1. The Morgan fingerprint density at radius 1 is 1.22 bits per heavy atom. The van der Waals surface area contributed by atoms with Crippen molar-refractivity contribution in [3.8, 4) is 11.5 Å². The van der Waals surface area contributed by atoms with Crippen molar-refractivity contribution in [2.24, 2.45) is 5.92 Å².